The largest absolute Gasteiger partial charge is 0.491 e. The van der Waals surface area contributed by atoms with Crippen LogP contribution in [0.3, 0.4) is 0 Å². The fraction of sp³-hybridized carbons (Fsp3) is 0.231. The number of aromatic nitrogens is 2. The van der Waals surface area contributed by atoms with Gasteiger partial charge in [0.05, 0.1) is 12.3 Å². The van der Waals surface area contributed by atoms with Crippen LogP contribution < -0.4 is 4.74 Å². The zero-order valence-corrected chi connectivity index (χ0v) is 10.6. The van der Waals surface area contributed by atoms with Gasteiger partial charge in [-0.25, -0.2) is 13.9 Å². The van der Waals surface area contributed by atoms with E-state index < -0.39 is 11.8 Å². The smallest absolute Gasteiger partial charge is 0.356 e. The van der Waals surface area contributed by atoms with Crippen LogP contribution in [0.15, 0.2) is 24.4 Å². The standard InChI is InChI=1S/C13H13FN2O3/c1-3-19-11-5-4-9(6-10(11)14)16-7-8(2)12(15-16)13(17)18/h4-7H,3H2,1-2H3,(H,17,18). The molecule has 0 aliphatic heterocycles. The molecule has 0 unspecified atom stereocenters. The molecular formula is C13H13FN2O3. The Hall–Kier alpha value is -2.37. The normalized spacial score (nSPS) is 10.5. The Balaban J connectivity index is 2.39. The molecule has 0 aliphatic rings. The van der Waals surface area contributed by atoms with Gasteiger partial charge in [-0.3, -0.25) is 0 Å². The molecule has 0 saturated carbocycles. The van der Waals surface area contributed by atoms with E-state index in [2.05, 4.69) is 5.10 Å². The summed E-state index contributed by atoms with van der Waals surface area (Å²) in [6.45, 7) is 3.78. The van der Waals surface area contributed by atoms with Crippen LogP contribution in [0, 0.1) is 12.7 Å². The molecule has 5 nitrogen and oxygen atoms in total. The van der Waals surface area contributed by atoms with Crippen molar-refractivity contribution in [3.05, 3.63) is 41.5 Å². The molecule has 1 aromatic heterocycles. The molecule has 0 fully saturated rings. The van der Waals surface area contributed by atoms with Crippen molar-refractivity contribution in [3.63, 3.8) is 0 Å². The van der Waals surface area contributed by atoms with Crippen molar-refractivity contribution in [2.45, 2.75) is 13.8 Å². The number of rotatable bonds is 4. The van der Waals surface area contributed by atoms with Gasteiger partial charge in [0.2, 0.25) is 0 Å². The molecule has 0 spiro atoms. The fourth-order valence-corrected chi connectivity index (χ4v) is 1.71. The van der Waals surface area contributed by atoms with E-state index in [1.165, 1.54) is 16.8 Å². The van der Waals surface area contributed by atoms with Crippen LogP contribution in [-0.4, -0.2) is 27.5 Å². The van der Waals surface area contributed by atoms with Crippen molar-refractivity contribution in [3.8, 4) is 11.4 Å². The number of halogens is 1. The third-order valence-electron chi connectivity index (χ3n) is 2.58. The molecule has 1 N–H and O–H groups in total. The average molecular weight is 264 g/mol. The van der Waals surface area contributed by atoms with E-state index in [1.807, 2.05) is 0 Å². The number of ether oxygens (including phenoxy) is 1. The molecule has 6 heteroatoms. The highest BCUT2D eigenvalue weighted by Gasteiger charge is 2.14. The summed E-state index contributed by atoms with van der Waals surface area (Å²) in [5, 5.41) is 12.8. The lowest BCUT2D eigenvalue weighted by molar-refractivity contribution is 0.0689. The summed E-state index contributed by atoms with van der Waals surface area (Å²) in [6, 6.07) is 4.36. The lowest BCUT2D eigenvalue weighted by Gasteiger charge is -2.06. The molecule has 0 radical (unpaired) electrons. The maximum Gasteiger partial charge on any atom is 0.356 e. The molecule has 0 atom stereocenters. The van der Waals surface area contributed by atoms with Crippen LogP contribution in [0.1, 0.15) is 23.0 Å². The molecule has 19 heavy (non-hydrogen) atoms. The van der Waals surface area contributed by atoms with Crippen LogP contribution in [0.5, 0.6) is 5.75 Å². The van der Waals surface area contributed by atoms with Crippen LogP contribution in [0.4, 0.5) is 4.39 Å². The minimum absolute atomic E-state index is 0.0470. The Bertz CT molecular complexity index is 622. The Labute approximate surface area is 109 Å². The van der Waals surface area contributed by atoms with Gasteiger partial charge in [-0.1, -0.05) is 0 Å². The Morgan fingerprint density at radius 2 is 2.26 bits per heavy atom. The molecule has 2 aromatic rings. The number of carboxylic acids is 1. The van der Waals surface area contributed by atoms with Gasteiger partial charge in [0.1, 0.15) is 0 Å². The quantitative estimate of drug-likeness (QED) is 0.921. The Kier molecular flexibility index (Phi) is 3.50. The first-order chi connectivity index (χ1) is 9.02. The highest BCUT2D eigenvalue weighted by atomic mass is 19.1. The summed E-state index contributed by atoms with van der Waals surface area (Å²) in [7, 11) is 0. The number of carbonyl (C=O) groups is 1. The third-order valence-corrected chi connectivity index (χ3v) is 2.58. The van der Waals surface area contributed by atoms with Crippen molar-refractivity contribution < 1.29 is 19.0 Å². The SMILES string of the molecule is CCOc1ccc(-n2cc(C)c(C(=O)O)n2)cc1F. The van der Waals surface area contributed by atoms with Crippen molar-refractivity contribution in [2.75, 3.05) is 6.61 Å². The van der Waals surface area contributed by atoms with E-state index in [1.54, 1.807) is 26.1 Å². The molecular weight excluding hydrogens is 251 g/mol. The van der Waals surface area contributed by atoms with E-state index >= 15 is 0 Å². The van der Waals surface area contributed by atoms with Crippen molar-refractivity contribution in [1.82, 2.24) is 9.78 Å². The third kappa shape index (κ3) is 2.57. The summed E-state index contributed by atoms with van der Waals surface area (Å²) >= 11 is 0. The highest BCUT2D eigenvalue weighted by Crippen LogP contribution is 2.21. The highest BCUT2D eigenvalue weighted by molar-refractivity contribution is 5.86. The Morgan fingerprint density at radius 1 is 1.53 bits per heavy atom. The van der Waals surface area contributed by atoms with Crippen molar-refractivity contribution in [2.24, 2.45) is 0 Å². The minimum Gasteiger partial charge on any atom is -0.491 e. The predicted molar refractivity (Wildman–Crippen MR) is 66.4 cm³/mol. The van der Waals surface area contributed by atoms with Gasteiger partial charge in [-0.05, 0) is 26.0 Å². The monoisotopic (exact) mass is 264 g/mol. The summed E-state index contributed by atoms with van der Waals surface area (Å²) < 4.78 is 20.1. The zero-order valence-electron chi connectivity index (χ0n) is 10.6. The van der Waals surface area contributed by atoms with Gasteiger partial charge in [-0.2, -0.15) is 5.10 Å². The first kappa shape index (κ1) is 13.1. The fourth-order valence-electron chi connectivity index (χ4n) is 1.71. The van der Waals surface area contributed by atoms with Gasteiger partial charge in [0.15, 0.2) is 17.3 Å². The summed E-state index contributed by atoms with van der Waals surface area (Å²) in [5.74, 6) is -1.46. The number of nitrogens with zero attached hydrogens (tertiary/aromatic N) is 2. The topological polar surface area (TPSA) is 64.3 Å². The van der Waals surface area contributed by atoms with E-state index in [9.17, 15) is 9.18 Å². The number of aryl methyl sites for hydroxylation is 1. The van der Waals surface area contributed by atoms with E-state index in [4.69, 9.17) is 9.84 Å². The molecule has 0 amide bonds. The number of carboxylic acid groups (broad SMARTS) is 1. The van der Waals surface area contributed by atoms with Crippen molar-refractivity contribution in [1.29, 1.82) is 0 Å². The second-order valence-electron chi connectivity index (χ2n) is 3.96. The van der Waals surface area contributed by atoms with Gasteiger partial charge >= 0.3 is 5.97 Å². The second-order valence-corrected chi connectivity index (χ2v) is 3.96. The lowest BCUT2D eigenvalue weighted by Crippen LogP contribution is -2.02. The maximum atomic E-state index is 13.7. The second kappa shape index (κ2) is 5.09. The van der Waals surface area contributed by atoms with Gasteiger partial charge in [0, 0.05) is 17.8 Å². The van der Waals surface area contributed by atoms with Gasteiger partial charge in [-0.15, -0.1) is 0 Å². The molecule has 0 saturated heterocycles. The molecule has 1 heterocycles. The average Bonchev–Trinajstić information content (AvgIpc) is 2.74. The van der Waals surface area contributed by atoms with E-state index in [-0.39, 0.29) is 11.4 Å². The van der Waals surface area contributed by atoms with Gasteiger partial charge in [0.25, 0.3) is 0 Å². The van der Waals surface area contributed by atoms with Crippen LogP contribution in [0.25, 0.3) is 5.69 Å². The molecule has 2 rings (SSSR count). The van der Waals surface area contributed by atoms with Crippen LogP contribution in [-0.2, 0) is 0 Å². The van der Waals surface area contributed by atoms with Crippen LogP contribution >= 0.6 is 0 Å². The lowest BCUT2D eigenvalue weighted by atomic mass is 10.3. The first-order valence-corrected chi connectivity index (χ1v) is 5.75. The van der Waals surface area contributed by atoms with E-state index in [0.717, 1.165) is 0 Å². The van der Waals surface area contributed by atoms with Crippen molar-refractivity contribution >= 4 is 5.97 Å². The predicted octanol–water partition coefficient (Wildman–Crippen LogP) is 2.42. The Morgan fingerprint density at radius 3 is 2.79 bits per heavy atom. The maximum absolute atomic E-state index is 13.7. The molecule has 0 bridgehead atoms. The molecule has 100 valence electrons. The molecule has 1 aromatic carbocycles. The minimum atomic E-state index is -1.11. The van der Waals surface area contributed by atoms with Gasteiger partial charge < -0.3 is 9.84 Å². The van der Waals surface area contributed by atoms with Crippen LogP contribution in [0.2, 0.25) is 0 Å². The number of hydrogen-bond donors (Lipinski definition) is 1. The molecule has 0 aliphatic carbocycles. The number of hydrogen-bond acceptors (Lipinski definition) is 3. The zero-order chi connectivity index (χ0) is 14.0. The summed E-state index contributed by atoms with van der Waals surface area (Å²) in [4.78, 5) is 10.9. The first-order valence-electron chi connectivity index (χ1n) is 5.75. The number of benzene rings is 1. The summed E-state index contributed by atoms with van der Waals surface area (Å²) in [6.07, 6.45) is 1.54. The summed E-state index contributed by atoms with van der Waals surface area (Å²) in [5.41, 5.74) is 0.910. The number of aromatic carboxylic acids is 1. The van der Waals surface area contributed by atoms with E-state index in [0.29, 0.717) is 17.9 Å².